The fourth-order valence-electron chi connectivity index (χ4n) is 4.26. The lowest BCUT2D eigenvalue weighted by molar-refractivity contribution is -0.117. The zero-order valence-corrected chi connectivity index (χ0v) is 19.1. The molecule has 1 N–H and O–H groups in total. The maximum absolute atomic E-state index is 12.9. The van der Waals surface area contributed by atoms with Gasteiger partial charge in [0.05, 0.1) is 12.6 Å². The number of amides is 1. The molecule has 0 unspecified atom stereocenters. The maximum Gasteiger partial charge on any atom is 0.238 e. The Morgan fingerprint density at radius 1 is 0.935 bits per heavy atom. The van der Waals surface area contributed by atoms with E-state index in [0.717, 1.165) is 37.4 Å². The minimum absolute atomic E-state index is 0.0309. The monoisotopic (exact) mass is 418 g/mol. The van der Waals surface area contributed by atoms with Gasteiger partial charge in [0.15, 0.2) is 0 Å². The highest BCUT2D eigenvalue weighted by atomic mass is 16.2. The predicted molar refractivity (Wildman–Crippen MR) is 126 cm³/mol. The molecule has 1 fully saturated rings. The molecule has 2 aromatic rings. The van der Waals surface area contributed by atoms with Gasteiger partial charge in [0.25, 0.3) is 0 Å². The molecular weight excluding hydrogens is 384 g/mol. The summed E-state index contributed by atoms with van der Waals surface area (Å²) in [6.45, 7) is 12.1. The van der Waals surface area contributed by atoms with E-state index < -0.39 is 0 Å². The van der Waals surface area contributed by atoms with Crippen molar-refractivity contribution in [2.75, 3.05) is 38.0 Å². The molecule has 1 atom stereocenters. The van der Waals surface area contributed by atoms with Crippen LogP contribution in [0.25, 0.3) is 0 Å². The normalized spacial score (nSPS) is 16.3. The number of carbonyl (C=O) groups excluding carboxylic acids is 1. The Hall–Kier alpha value is -2.68. The van der Waals surface area contributed by atoms with E-state index in [9.17, 15) is 10.1 Å². The minimum atomic E-state index is -0.233. The number of benzene rings is 2. The van der Waals surface area contributed by atoms with Crippen molar-refractivity contribution in [2.45, 2.75) is 45.6 Å². The second-order valence-corrected chi connectivity index (χ2v) is 8.92. The first-order valence-corrected chi connectivity index (χ1v) is 11.2. The molecule has 0 bridgehead atoms. The summed E-state index contributed by atoms with van der Waals surface area (Å²) in [5.41, 5.74) is 4.38. The van der Waals surface area contributed by atoms with Crippen LogP contribution in [-0.4, -0.2) is 48.4 Å². The average Bonchev–Trinajstić information content (AvgIpc) is 2.76. The van der Waals surface area contributed by atoms with Gasteiger partial charge in [0, 0.05) is 31.9 Å². The van der Waals surface area contributed by atoms with E-state index in [0.29, 0.717) is 18.4 Å². The van der Waals surface area contributed by atoms with Crippen molar-refractivity contribution < 1.29 is 4.79 Å². The Morgan fingerprint density at radius 2 is 1.52 bits per heavy atom. The highest BCUT2D eigenvalue weighted by Gasteiger charge is 2.26. The topological polar surface area (TPSA) is 59.4 Å². The molecule has 1 aliphatic heterocycles. The Labute approximate surface area is 186 Å². The van der Waals surface area contributed by atoms with Gasteiger partial charge in [0.1, 0.15) is 6.04 Å². The van der Waals surface area contributed by atoms with Gasteiger partial charge in [-0.1, -0.05) is 76.2 Å². The Balaban J connectivity index is 1.61. The number of piperazine rings is 1. The van der Waals surface area contributed by atoms with Crippen molar-refractivity contribution in [3.05, 3.63) is 65.2 Å². The van der Waals surface area contributed by atoms with Gasteiger partial charge in [-0.3, -0.25) is 14.6 Å². The van der Waals surface area contributed by atoms with E-state index in [1.54, 1.807) is 0 Å². The highest BCUT2D eigenvalue weighted by molar-refractivity contribution is 5.94. The van der Waals surface area contributed by atoms with Crippen LogP contribution < -0.4 is 5.32 Å². The average molecular weight is 419 g/mol. The summed E-state index contributed by atoms with van der Waals surface area (Å²) in [6, 6.07) is 18.4. The third-order valence-corrected chi connectivity index (χ3v) is 6.01. The molecule has 1 amide bonds. The number of para-hydroxylation sites is 1. The third-order valence-electron chi connectivity index (χ3n) is 6.01. The van der Waals surface area contributed by atoms with Gasteiger partial charge in [-0.2, -0.15) is 5.26 Å². The quantitative estimate of drug-likeness (QED) is 0.705. The Bertz CT molecular complexity index is 882. The van der Waals surface area contributed by atoms with E-state index in [-0.39, 0.29) is 11.9 Å². The summed E-state index contributed by atoms with van der Waals surface area (Å²) in [6.07, 6.45) is 0. The molecular formula is C26H34N4O. The van der Waals surface area contributed by atoms with Crippen LogP contribution in [0, 0.1) is 11.3 Å². The molecule has 0 radical (unpaired) electrons. The van der Waals surface area contributed by atoms with Crippen LogP contribution in [0.1, 0.15) is 62.3 Å². The highest BCUT2D eigenvalue weighted by Crippen LogP contribution is 2.32. The smallest absolute Gasteiger partial charge is 0.238 e. The Morgan fingerprint density at radius 3 is 2.03 bits per heavy atom. The number of hydrogen-bond acceptors (Lipinski definition) is 4. The van der Waals surface area contributed by atoms with Gasteiger partial charge in [-0.05, 0) is 28.5 Å². The number of nitriles is 1. The summed E-state index contributed by atoms with van der Waals surface area (Å²) < 4.78 is 0. The van der Waals surface area contributed by atoms with Crippen molar-refractivity contribution in [2.24, 2.45) is 0 Å². The summed E-state index contributed by atoms with van der Waals surface area (Å²) in [7, 11) is 0. The number of nitrogens with one attached hydrogen (secondary N) is 1. The summed E-state index contributed by atoms with van der Waals surface area (Å²) in [5, 5.41) is 12.9. The van der Waals surface area contributed by atoms with Crippen molar-refractivity contribution in [1.29, 1.82) is 5.26 Å². The molecule has 5 nitrogen and oxygen atoms in total. The van der Waals surface area contributed by atoms with E-state index in [4.69, 9.17) is 0 Å². The van der Waals surface area contributed by atoms with Crippen LogP contribution in [-0.2, 0) is 4.79 Å². The fourth-order valence-corrected chi connectivity index (χ4v) is 4.26. The van der Waals surface area contributed by atoms with Crippen molar-refractivity contribution in [3.63, 3.8) is 0 Å². The van der Waals surface area contributed by atoms with Crippen molar-refractivity contribution in [1.82, 2.24) is 9.80 Å². The lowest BCUT2D eigenvalue weighted by Gasteiger charge is -2.36. The van der Waals surface area contributed by atoms with Gasteiger partial charge in [0.2, 0.25) is 5.91 Å². The SMILES string of the molecule is CC(C)c1cccc(C(C)C)c1NC(=O)CN1CCN([C@H](C#N)c2ccccc2)CC1. The van der Waals surface area contributed by atoms with Crippen LogP contribution in [0.15, 0.2) is 48.5 Å². The third kappa shape index (κ3) is 5.72. The number of rotatable bonds is 7. The van der Waals surface area contributed by atoms with E-state index in [2.05, 4.69) is 67.1 Å². The number of carbonyl (C=O) groups is 1. The van der Waals surface area contributed by atoms with Crippen LogP contribution in [0.3, 0.4) is 0 Å². The lowest BCUT2D eigenvalue weighted by Crippen LogP contribution is -2.49. The van der Waals surface area contributed by atoms with Gasteiger partial charge < -0.3 is 5.32 Å². The van der Waals surface area contributed by atoms with E-state index in [1.807, 2.05) is 30.3 Å². The first-order chi connectivity index (χ1) is 14.9. The van der Waals surface area contributed by atoms with Crippen LogP contribution >= 0.6 is 0 Å². The zero-order valence-electron chi connectivity index (χ0n) is 19.1. The van der Waals surface area contributed by atoms with Gasteiger partial charge >= 0.3 is 0 Å². The number of anilines is 1. The number of hydrogen-bond donors (Lipinski definition) is 1. The second-order valence-electron chi connectivity index (χ2n) is 8.92. The molecule has 0 aliphatic carbocycles. The lowest BCUT2D eigenvalue weighted by atomic mass is 9.92. The van der Waals surface area contributed by atoms with Crippen LogP contribution in [0.5, 0.6) is 0 Å². The minimum Gasteiger partial charge on any atom is -0.324 e. The van der Waals surface area contributed by atoms with Crippen molar-refractivity contribution >= 4 is 11.6 Å². The van der Waals surface area contributed by atoms with E-state index in [1.165, 1.54) is 11.1 Å². The van der Waals surface area contributed by atoms with Crippen LogP contribution in [0.4, 0.5) is 5.69 Å². The van der Waals surface area contributed by atoms with Crippen LogP contribution in [0.2, 0.25) is 0 Å². The number of nitrogens with zero attached hydrogens (tertiary/aromatic N) is 3. The molecule has 164 valence electrons. The van der Waals surface area contributed by atoms with Crippen molar-refractivity contribution in [3.8, 4) is 6.07 Å². The summed E-state index contributed by atoms with van der Waals surface area (Å²) in [5.74, 6) is 0.722. The molecule has 3 rings (SSSR count). The largest absolute Gasteiger partial charge is 0.324 e. The maximum atomic E-state index is 12.9. The first kappa shape index (κ1) is 23.0. The van der Waals surface area contributed by atoms with Gasteiger partial charge in [-0.15, -0.1) is 0 Å². The predicted octanol–water partition coefficient (Wildman–Crippen LogP) is 4.75. The second kappa shape index (κ2) is 10.6. The molecule has 1 aliphatic rings. The standard InChI is InChI=1S/C26H34N4O/c1-19(2)22-11-8-12-23(20(3)4)26(22)28-25(31)18-29-13-15-30(16-14-29)24(17-27)21-9-6-5-7-10-21/h5-12,19-20,24H,13-16,18H2,1-4H3,(H,28,31)/t24-/m1/s1. The summed E-state index contributed by atoms with van der Waals surface area (Å²) in [4.78, 5) is 17.3. The first-order valence-electron chi connectivity index (χ1n) is 11.2. The molecule has 0 spiro atoms. The fraction of sp³-hybridized carbons (Fsp3) is 0.462. The zero-order chi connectivity index (χ0) is 22.4. The molecule has 31 heavy (non-hydrogen) atoms. The van der Waals surface area contributed by atoms with E-state index >= 15 is 0 Å². The molecule has 0 saturated carbocycles. The molecule has 2 aromatic carbocycles. The molecule has 5 heteroatoms. The summed E-state index contributed by atoms with van der Waals surface area (Å²) >= 11 is 0. The van der Waals surface area contributed by atoms with Gasteiger partial charge in [-0.25, -0.2) is 0 Å². The Kier molecular flexibility index (Phi) is 7.84. The molecule has 1 saturated heterocycles. The molecule has 0 aromatic heterocycles. The molecule has 1 heterocycles.